The fraction of sp³-hybridized carbons (Fsp3) is 0.500. The van der Waals surface area contributed by atoms with E-state index < -0.39 is 0 Å². The zero-order valence-electron chi connectivity index (χ0n) is 6.44. The molecule has 2 nitrogen and oxygen atoms in total. The summed E-state index contributed by atoms with van der Waals surface area (Å²) in [5, 5.41) is 0. The summed E-state index contributed by atoms with van der Waals surface area (Å²) in [5.74, 6) is -0.312. The van der Waals surface area contributed by atoms with Crippen LogP contribution in [0.3, 0.4) is 0 Å². The molecular formula is C6H14O2SSn. The van der Waals surface area contributed by atoms with Gasteiger partial charge in [-0.1, -0.05) is 6.58 Å². The van der Waals surface area contributed by atoms with E-state index in [0.29, 0.717) is 12.2 Å². The van der Waals surface area contributed by atoms with Crippen molar-refractivity contribution < 1.29 is 9.53 Å². The maximum absolute atomic E-state index is 10.4. The third-order valence-electron chi connectivity index (χ3n) is 0.624. The Morgan fingerprint density at radius 3 is 2.10 bits per heavy atom. The van der Waals surface area contributed by atoms with Gasteiger partial charge in [-0.15, -0.1) is 0 Å². The molecule has 0 aromatic heterocycles. The molecule has 4 heteroatoms. The van der Waals surface area contributed by atoms with Crippen molar-refractivity contribution in [3.05, 3.63) is 12.2 Å². The van der Waals surface area contributed by atoms with Gasteiger partial charge in [-0.2, -0.15) is 13.5 Å². The van der Waals surface area contributed by atoms with Crippen molar-refractivity contribution in [1.29, 1.82) is 0 Å². The van der Waals surface area contributed by atoms with Crippen LogP contribution in [-0.4, -0.2) is 36.5 Å². The molecule has 60 valence electrons. The average molecular weight is 269 g/mol. The zero-order valence-corrected chi connectivity index (χ0v) is 11.5. The zero-order chi connectivity index (χ0) is 6.57. The number of carbonyl (C=O) groups excluding carboxylic acids is 1. The van der Waals surface area contributed by atoms with Crippen molar-refractivity contribution >= 4 is 43.4 Å². The molecule has 0 N–H and O–H groups in total. The second-order valence-electron chi connectivity index (χ2n) is 1.50. The number of esters is 1. The van der Waals surface area contributed by atoms with Crippen LogP contribution in [0.2, 0.25) is 0 Å². The summed E-state index contributed by atoms with van der Waals surface area (Å²) in [4.78, 5) is 10.4. The molecule has 10 heavy (non-hydrogen) atoms. The standard InChI is InChI=1S/C6H10O2.H2S.Sn.2H/c1-4-8-6(7)5(2)3;;;;/h2,4H2,1,3H3;1H2;;;. The monoisotopic (exact) mass is 270 g/mol. The fourth-order valence-corrected chi connectivity index (χ4v) is 0.254. The minimum atomic E-state index is -0.312. The number of hydrogen-bond acceptors (Lipinski definition) is 2. The summed E-state index contributed by atoms with van der Waals surface area (Å²) in [6.07, 6.45) is 0. The first kappa shape index (κ1) is 16.8. The van der Waals surface area contributed by atoms with Gasteiger partial charge in [0.05, 0.1) is 6.61 Å². The molecule has 0 bridgehead atoms. The molecule has 0 saturated carbocycles. The first-order chi connectivity index (χ1) is 3.68. The van der Waals surface area contributed by atoms with Gasteiger partial charge in [0.25, 0.3) is 0 Å². The van der Waals surface area contributed by atoms with Gasteiger partial charge < -0.3 is 4.74 Å². The minimum absolute atomic E-state index is 0. The second-order valence-corrected chi connectivity index (χ2v) is 1.50. The van der Waals surface area contributed by atoms with Gasteiger partial charge in [0.2, 0.25) is 0 Å². The number of carbonyl (C=O) groups is 1. The van der Waals surface area contributed by atoms with Crippen molar-refractivity contribution in [2.24, 2.45) is 0 Å². The Hall–Kier alpha value is 0.359. The van der Waals surface area contributed by atoms with Crippen LogP contribution in [0.4, 0.5) is 0 Å². The summed E-state index contributed by atoms with van der Waals surface area (Å²) in [5.41, 5.74) is 0.451. The molecular weight excluding hydrogens is 255 g/mol. The van der Waals surface area contributed by atoms with Gasteiger partial charge in [-0.3, -0.25) is 0 Å². The van der Waals surface area contributed by atoms with E-state index in [0.717, 1.165) is 0 Å². The third kappa shape index (κ3) is 8.36. The van der Waals surface area contributed by atoms with E-state index in [1.165, 1.54) is 0 Å². The molecule has 0 amide bonds. The molecule has 0 fully saturated rings. The van der Waals surface area contributed by atoms with Crippen LogP contribution in [0.25, 0.3) is 0 Å². The Morgan fingerprint density at radius 2 is 2.00 bits per heavy atom. The SMILES string of the molecule is C=C(C)C(=O)OCC.S.[SnH2]. The van der Waals surface area contributed by atoms with Gasteiger partial charge in [-0.25, -0.2) is 4.79 Å². The molecule has 0 atom stereocenters. The van der Waals surface area contributed by atoms with Crippen molar-refractivity contribution in [3.63, 3.8) is 0 Å². The van der Waals surface area contributed by atoms with Crippen molar-refractivity contribution in [2.75, 3.05) is 6.61 Å². The van der Waals surface area contributed by atoms with E-state index in [9.17, 15) is 4.79 Å². The van der Waals surface area contributed by atoms with Crippen LogP contribution in [-0.2, 0) is 9.53 Å². The average Bonchev–Trinajstić information content (AvgIpc) is 1.67. The van der Waals surface area contributed by atoms with Gasteiger partial charge in [0.15, 0.2) is 0 Å². The van der Waals surface area contributed by atoms with Crippen LogP contribution < -0.4 is 0 Å². The maximum atomic E-state index is 10.4. The molecule has 0 rings (SSSR count). The number of hydrogen-bond donors (Lipinski definition) is 0. The van der Waals surface area contributed by atoms with E-state index in [4.69, 9.17) is 0 Å². The van der Waals surface area contributed by atoms with Crippen molar-refractivity contribution in [1.82, 2.24) is 0 Å². The summed E-state index contributed by atoms with van der Waals surface area (Å²) in [6, 6.07) is 0. The quantitative estimate of drug-likeness (QED) is 0.410. The van der Waals surface area contributed by atoms with Crippen LogP contribution in [0.5, 0.6) is 0 Å². The van der Waals surface area contributed by atoms with E-state index in [1.54, 1.807) is 13.8 Å². The summed E-state index contributed by atoms with van der Waals surface area (Å²) in [6.45, 7) is 7.21. The van der Waals surface area contributed by atoms with Crippen LogP contribution in [0, 0.1) is 0 Å². The molecule has 0 aliphatic carbocycles. The van der Waals surface area contributed by atoms with Crippen molar-refractivity contribution in [2.45, 2.75) is 13.8 Å². The van der Waals surface area contributed by atoms with Crippen LogP contribution in [0.1, 0.15) is 13.8 Å². The molecule has 2 radical (unpaired) electrons. The summed E-state index contributed by atoms with van der Waals surface area (Å²) in [7, 11) is 0. The Morgan fingerprint density at radius 1 is 1.60 bits per heavy atom. The first-order valence-electron chi connectivity index (χ1n) is 2.51. The molecule has 0 spiro atoms. The van der Waals surface area contributed by atoms with E-state index in [1.807, 2.05) is 0 Å². The van der Waals surface area contributed by atoms with Crippen molar-refractivity contribution in [3.8, 4) is 0 Å². The molecule has 0 heterocycles. The predicted molar refractivity (Wildman–Crippen MR) is 50.4 cm³/mol. The van der Waals surface area contributed by atoms with E-state index in [2.05, 4.69) is 11.3 Å². The Bertz CT molecular complexity index is 114. The van der Waals surface area contributed by atoms with Crippen LogP contribution >= 0.6 is 13.5 Å². The number of ether oxygens (including phenoxy) is 1. The predicted octanol–water partition coefficient (Wildman–Crippen LogP) is 0.322. The van der Waals surface area contributed by atoms with Crippen LogP contribution in [0.15, 0.2) is 12.2 Å². The van der Waals surface area contributed by atoms with Gasteiger partial charge in [-0.05, 0) is 13.8 Å². The molecule has 0 unspecified atom stereocenters. The molecule has 0 aromatic carbocycles. The molecule has 0 aliphatic rings. The summed E-state index contributed by atoms with van der Waals surface area (Å²) < 4.78 is 4.56. The van der Waals surface area contributed by atoms with Gasteiger partial charge >= 0.3 is 29.9 Å². The summed E-state index contributed by atoms with van der Waals surface area (Å²) >= 11 is 0. The fourth-order valence-electron chi connectivity index (χ4n) is 0.254. The van der Waals surface area contributed by atoms with Gasteiger partial charge in [0.1, 0.15) is 0 Å². The molecule has 0 aliphatic heterocycles. The second kappa shape index (κ2) is 9.36. The van der Waals surface area contributed by atoms with Gasteiger partial charge in [0, 0.05) is 5.57 Å². The normalized spacial score (nSPS) is 6.60. The first-order valence-corrected chi connectivity index (χ1v) is 2.51. The molecule has 0 aromatic rings. The Balaban J connectivity index is -0.000000245. The third-order valence-corrected chi connectivity index (χ3v) is 0.624. The number of rotatable bonds is 2. The Labute approximate surface area is 85.4 Å². The van der Waals surface area contributed by atoms with E-state index in [-0.39, 0.29) is 43.4 Å². The topological polar surface area (TPSA) is 26.3 Å². The molecule has 0 saturated heterocycles. The Kier molecular flexibility index (Phi) is 15.7. The van der Waals surface area contributed by atoms with E-state index >= 15 is 0 Å².